The van der Waals surface area contributed by atoms with E-state index in [1.807, 2.05) is 12.1 Å². The number of aliphatic imine (C=N–C) groups is 1. The van der Waals surface area contributed by atoms with Crippen molar-refractivity contribution in [3.8, 4) is 5.88 Å². The predicted octanol–water partition coefficient (Wildman–Crippen LogP) is 2.28. The molecular formula is C20H37N5O2. The number of rotatable bonds is 12. The summed E-state index contributed by atoms with van der Waals surface area (Å²) in [5.74, 6) is 1.41. The first-order chi connectivity index (χ1) is 13.0. The fourth-order valence-corrected chi connectivity index (χ4v) is 2.89. The van der Waals surface area contributed by atoms with Crippen LogP contribution in [0.3, 0.4) is 0 Å². The number of hydrogen-bond acceptors (Lipinski definition) is 5. The lowest BCUT2D eigenvalue weighted by molar-refractivity contribution is 0.143. The van der Waals surface area contributed by atoms with Crippen LogP contribution in [0.4, 0.5) is 0 Å². The fraction of sp³-hybridized carbons (Fsp3) is 0.700. The predicted molar refractivity (Wildman–Crippen MR) is 111 cm³/mol. The molecule has 0 unspecified atom stereocenters. The molecule has 0 aliphatic carbocycles. The summed E-state index contributed by atoms with van der Waals surface area (Å²) < 4.78 is 10.7. The summed E-state index contributed by atoms with van der Waals surface area (Å²) in [5, 5.41) is 6.70. The van der Waals surface area contributed by atoms with E-state index in [0.29, 0.717) is 37.7 Å². The van der Waals surface area contributed by atoms with Gasteiger partial charge in [-0.05, 0) is 40.2 Å². The van der Waals surface area contributed by atoms with Gasteiger partial charge in [-0.3, -0.25) is 9.89 Å². The van der Waals surface area contributed by atoms with Crippen LogP contribution < -0.4 is 15.4 Å². The van der Waals surface area contributed by atoms with E-state index in [9.17, 15) is 0 Å². The largest absolute Gasteiger partial charge is 0.475 e. The number of guanidine groups is 1. The third kappa shape index (κ3) is 9.06. The van der Waals surface area contributed by atoms with Crippen LogP contribution in [0.25, 0.3) is 0 Å². The molecule has 0 aliphatic heterocycles. The number of hydrogen-bond donors (Lipinski definition) is 2. The first kappa shape index (κ1) is 23.2. The van der Waals surface area contributed by atoms with Crippen LogP contribution >= 0.6 is 0 Å². The maximum absolute atomic E-state index is 5.67. The molecule has 0 amide bonds. The van der Waals surface area contributed by atoms with Gasteiger partial charge in [-0.25, -0.2) is 4.98 Å². The number of pyridine rings is 1. The van der Waals surface area contributed by atoms with Gasteiger partial charge < -0.3 is 20.1 Å². The van der Waals surface area contributed by atoms with Gasteiger partial charge in [-0.1, -0.05) is 6.07 Å². The monoisotopic (exact) mass is 379 g/mol. The van der Waals surface area contributed by atoms with Crippen LogP contribution in [0.15, 0.2) is 23.3 Å². The minimum Gasteiger partial charge on any atom is -0.475 e. The zero-order valence-electron chi connectivity index (χ0n) is 17.8. The van der Waals surface area contributed by atoms with Crippen LogP contribution in [0.5, 0.6) is 5.88 Å². The Labute approximate surface area is 164 Å². The molecule has 1 heterocycles. The van der Waals surface area contributed by atoms with E-state index in [2.05, 4.69) is 53.2 Å². The molecule has 0 saturated carbocycles. The molecule has 7 heteroatoms. The van der Waals surface area contributed by atoms with Crippen molar-refractivity contribution in [3.05, 3.63) is 23.9 Å². The van der Waals surface area contributed by atoms with Gasteiger partial charge in [0.2, 0.25) is 5.88 Å². The SMILES string of the molecule is CN=C(NCCCN(C(C)C)C(C)C)NCc1cccnc1OCCOC. The normalized spacial score (nSPS) is 12.1. The van der Waals surface area contributed by atoms with Crippen LogP contribution in [-0.4, -0.2) is 68.4 Å². The average molecular weight is 380 g/mol. The summed E-state index contributed by atoms with van der Waals surface area (Å²) in [5.41, 5.74) is 0.988. The molecule has 0 fully saturated rings. The van der Waals surface area contributed by atoms with Crippen LogP contribution in [0.1, 0.15) is 39.7 Å². The highest BCUT2D eigenvalue weighted by Crippen LogP contribution is 2.13. The molecule has 0 radical (unpaired) electrons. The molecule has 1 rings (SSSR count). The van der Waals surface area contributed by atoms with E-state index < -0.39 is 0 Å². The molecule has 0 aliphatic rings. The number of nitrogens with one attached hydrogen (secondary N) is 2. The summed E-state index contributed by atoms with van der Waals surface area (Å²) in [6.45, 7) is 12.5. The lowest BCUT2D eigenvalue weighted by Crippen LogP contribution is -2.41. The maximum atomic E-state index is 5.67. The molecule has 1 aromatic rings. The summed E-state index contributed by atoms with van der Waals surface area (Å²) in [6.07, 6.45) is 2.79. The molecule has 0 saturated heterocycles. The Kier molecular flexibility index (Phi) is 11.4. The molecule has 1 aromatic heterocycles. The van der Waals surface area contributed by atoms with Crippen molar-refractivity contribution < 1.29 is 9.47 Å². The molecule has 7 nitrogen and oxygen atoms in total. The smallest absolute Gasteiger partial charge is 0.218 e. The van der Waals surface area contributed by atoms with Gasteiger partial charge in [0.1, 0.15) is 6.61 Å². The van der Waals surface area contributed by atoms with E-state index in [0.717, 1.165) is 31.0 Å². The van der Waals surface area contributed by atoms with E-state index in [1.165, 1.54) is 0 Å². The molecule has 2 N–H and O–H groups in total. The Morgan fingerprint density at radius 1 is 1.19 bits per heavy atom. The van der Waals surface area contributed by atoms with Crippen LogP contribution in [-0.2, 0) is 11.3 Å². The summed E-state index contributed by atoms with van der Waals surface area (Å²) >= 11 is 0. The summed E-state index contributed by atoms with van der Waals surface area (Å²) in [7, 11) is 3.44. The zero-order chi connectivity index (χ0) is 20.1. The standard InChI is InChI=1S/C20H37N5O2/c1-16(2)25(17(3)4)12-8-11-23-20(21-5)24-15-18-9-7-10-22-19(18)27-14-13-26-6/h7,9-10,16-17H,8,11-15H2,1-6H3,(H2,21,23,24). The van der Waals surface area contributed by atoms with Crippen LogP contribution in [0.2, 0.25) is 0 Å². The Balaban J connectivity index is 2.42. The minimum atomic E-state index is 0.482. The topological polar surface area (TPSA) is 71.0 Å². The molecule has 0 atom stereocenters. The third-order valence-electron chi connectivity index (χ3n) is 4.26. The number of nitrogens with zero attached hydrogens (tertiary/aromatic N) is 3. The summed E-state index contributed by atoms with van der Waals surface area (Å²) in [6, 6.07) is 5.02. The van der Waals surface area contributed by atoms with Crippen molar-refractivity contribution >= 4 is 5.96 Å². The Hall–Kier alpha value is -1.86. The molecule has 0 spiro atoms. The molecule has 154 valence electrons. The first-order valence-electron chi connectivity index (χ1n) is 9.75. The van der Waals surface area contributed by atoms with Gasteiger partial charge >= 0.3 is 0 Å². The van der Waals surface area contributed by atoms with Crippen molar-refractivity contribution in [2.45, 2.75) is 52.7 Å². The van der Waals surface area contributed by atoms with Gasteiger partial charge in [0.05, 0.1) is 6.61 Å². The van der Waals surface area contributed by atoms with E-state index >= 15 is 0 Å². The van der Waals surface area contributed by atoms with Crippen molar-refractivity contribution in [1.29, 1.82) is 0 Å². The number of ether oxygens (including phenoxy) is 2. The van der Waals surface area contributed by atoms with Gasteiger partial charge in [-0.2, -0.15) is 0 Å². The molecule has 27 heavy (non-hydrogen) atoms. The Morgan fingerprint density at radius 2 is 1.93 bits per heavy atom. The van der Waals surface area contributed by atoms with Crippen molar-refractivity contribution in [1.82, 2.24) is 20.5 Å². The zero-order valence-corrected chi connectivity index (χ0v) is 17.8. The van der Waals surface area contributed by atoms with Crippen molar-refractivity contribution in [2.75, 3.05) is 40.5 Å². The van der Waals surface area contributed by atoms with Gasteiger partial charge in [0, 0.05) is 57.6 Å². The first-order valence-corrected chi connectivity index (χ1v) is 9.75. The highest BCUT2D eigenvalue weighted by atomic mass is 16.5. The highest BCUT2D eigenvalue weighted by molar-refractivity contribution is 5.79. The molecule has 0 bridgehead atoms. The minimum absolute atomic E-state index is 0.482. The quantitative estimate of drug-likeness (QED) is 0.330. The van der Waals surface area contributed by atoms with Crippen molar-refractivity contribution in [3.63, 3.8) is 0 Å². The van der Waals surface area contributed by atoms with Gasteiger partial charge in [0.15, 0.2) is 5.96 Å². The second kappa shape index (κ2) is 13.3. The Morgan fingerprint density at radius 3 is 2.56 bits per heavy atom. The van der Waals surface area contributed by atoms with Gasteiger partial charge in [0.25, 0.3) is 0 Å². The van der Waals surface area contributed by atoms with Crippen LogP contribution in [0, 0.1) is 0 Å². The molecular weight excluding hydrogens is 342 g/mol. The third-order valence-corrected chi connectivity index (χ3v) is 4.26. The highest BCUT2D eigenvalue weighted by Gasteiger charge is 2.12. The second-order valence-corrected chi connectivity index (χ2v) is 6.94. The number of methoxy groups -OCH3 is 1. The lowest BCUT2D eigenvalue weighted by Gasteiger charge is -2.30. The lowest BCUT2D eigenvalue weighted by atomic mass is 10.2. The number of aromatic nitrogens is 1. The second-order valence-electron chi connectivity index (χ2n) is 6.94. The molecule has 0 aromatic carbocycles. The average Bonchev–Trinajstić information content (AvgIpc) is 2.64. The fourth-order valence-electron chi connectivity index (χ4n) is 2.89. The maximum Gasteiger partial charge on any atom is 0.218 e. The summed E-state index contributed by atoms with van der Waals surface area (Å²) in [4.78, 5) is 11.1. The van der Waals surface area contributed by atoms with E-state index in [1.54, 1.807) is 20.4 Å². The van der Waals surface area contributed by atoms with E-state index in [-0.39, 0.29) is 0 Å². The van der Waals surface area contributed by atoms with E-state index in [4.69, 9.17) is 9.47 Å². The van der Waals surface area contributed by atoms with Crippen molar-refractivity contribution in [2.24, 2.45) is 4.99 Å². The Bertz CT molecular complexity index is 541. The van der Waals surface area contributed by atoms with Gasteiger partial charge in [-0.15, -0.1) is 0 Å².